The molecule has 0 aromatic rings. The molecule has 5 nitrogen and oxygen atoms in total. The molecule has 1 aliphatic carbocycles. The molecular formula is C20H30O5. The standard InChI is InChI=1S/C20H30O5/c1-2-3-6-9-15(21)12-13-17-16(18(22)14-19(17)23)10-7-4-5-8-11-20(24)25/h3-4,6-7,12-13,15-17,19,21,23H,2,5,8-11,14H2,1H3,(H,24,25)/b6-3+,7-4+,13-12+/t15-,16+,17-,19+/m0/s1. The molecule has 0 unspecified atom stereocenters. The van der Waals surface area contributed by atoms with Crippen LogP contribution in [0.1, 0.15) is 51.9 Å². The van der Waals surface area contributed by atoms with Crippen LogP contribution in [0.5, 0.6) is 0 Å². The average molecular weight is 350 g/mol. The van der Waals surface area contributed by atoms with E-state index in [2.05, 4.69) is 0 Å². The Morgan fingerprint density at radius 3 is 2.72 bits per heavy atom. The number of hydrogen-bond acceptors (Lipinski definition) is 4. The topological polar surface area (TPSA) is 94.8 Å². The number of rotatable bonds is 11. The number of ketones is 1. The molecular weight excluding hydrogens is 320 g/mol. The third-order valence-electron chi connectivity index (χ3n) is 4.39. The largest absolute Gasteiger partial charge is 0.481 e. The maximum Gasteiger partial charge on any atom is 0.303 e. The summed E-state index contributed by atoms with van der Waals surface area (Å²) in [6, 6.07) is 0. The first-order chi connectivity index (χ1) is 12.0. The highest BCUT2D eigenvalue weighted by Crippen LogP contribution is 2.33. The van der Waals surface area contributed by atoms with Crippen molar-refractivity contribution in [3.05, 3.63) is 36.5 Å². The smallest absolute Gasteiger partial charge is 0.303 e. The van der Waals surface area contributed by atoms with Crippen molar-refractivity contribution in [1.82, 2.24) is 0 Å². The maximum atomic E-state index is 12.1. The van der Waals surface area contributed by atoms with Crippen molar-refractivity contribution in [2.75, 3.05) is 0 Å². The van der Waals surface area contributed by atoms with Gasteiger partial charge in [0.2, 0.25) is 0 Å². The Hall–Kier alpha value is -1.72. The molecule has 1 saturated carbocycles. The van der Waals surface area contributed by atoms with E-state index in [1.165, 1.54) is 0 Å². The number of carboxylic acid groups (broad SMARTS) is 1. The van der Waals surface area contributed by atoms with Crippen LogP contribution in [-0.2, 0) is 9.59 Å². The van der Waals surface area contributed by atoms with E-state index in [-0.39, 0.29) is 30.5 Å². The van der Waals surface area contributed by atoms with Crippen LogP contribution < -0.4 is 0 Å². The van der Waals surface area contributed by atoms with Gasteiger partial charge in [-0.3, -0.25) is 9.59 Å². The summed E-state index contributed by atoms with van der Waals surface area (Å²) in [6.07, 6.45) is 13.3. The molecule has 3 N–H and O–H groups in total. The van der Waals surface area contributed by atoms with Crippen LogP contribution in [0.4, 0.5) is 0 Å². The van der Waals surface area contributed by atoms with Gasteiger partial charge in [0, 0.05) is 24.7 Å². The van der Waals surface area contributed by atoms with Gasteiger partial charge in [0.25, 0.3) is 0 Å². The number of unbranched alkanes of at least 4 members (excludes halogenated alkanes) is 1. The lowest BCUT2D eigenvalue weighted by molar-refractivity contribution is -0.137. The van der Waals surface area contributed by atoms with Gasteiger partial charge < -0.3 is 15.3 Å². The van der Waals surface area contributed by atoms with E-state index in [0.717, 1.165) is 6.42 Å². The van der Waals surface area contributed by atoms with Crippen LogP contribution in [0.25, 0.3) is 0 Å². The predicted molar refractivity (Wildman–Crippen MR) is 97.0 cm³/mol. The fourth-order valence-electron chi connectivity index (χ4n) is 3.00. The van der Waals surface area contributed by atoms with Crippen LogP contribution >= 0.6 is 0 Å². The number of aliphatic carboxylic acids is 1. The van der Waals surface area contributed by atoms with Gasteiger partial charge in [0.05, 0.1) is 12.2 Å². The zero-order valence-electron chi connectivity index (χ0n) is 14.9. The number of allylic oxidation sites excluding steroid dienone is 3. The normalized spacial score (nSPS) is 25.6. The molecule has 1 aliphatic rings. The fraction of sp³-hybridized carbons (Fsp3) is 0.600. The molecule has 0 spiro atoms. The van der Waals surface area contributed by atoms with E-state index in [0.29, 0.717) is 25.7 Å². The average Bonchev–Trinajstić information content (AvgIpc) is 2.82. The van der Waals surface area contributed by atoms with Gasteiger partial charge in [-0.25, -0.2) is 0 Å². The first-order valence-corrected chi connectivity index (χ1v) is 9.04. The predicted octanol–water partition coefficient (Wildman–Crippen LogP) is 3.03. The Morgan fingerprint density at radius 1 is 1.28 bits per heavy atom. The molecule has 4 atom stereocenters. The van der Waals surface area contributed by atoms with Crippen LogP contribution in [0, 0.1) is 11.8 Å². The molecule has 0 amide bonds. The molecule has 1 rings (SSSR count). The minimum Gasteiger partial charge on any atom is -0.481 e. The Balaban J connectivity index is 2.52. The van der Waals surface area contributed by atoms with Crippen LogP contribution in [0.15, 0.2) is 36.5 Å². The Bertz CT molecular complexity index is 506. The number of hydrogen-bond donors (Lipinski definition) is 3. The summed E-state index contributed by atoms with van der Waals surface area (Å²) >= 11 is 0. The molecule has 0 bridgehead atoms. The van der Waals surface area contributed by atoms with E-state index in [1.807, 2.05) is 31.2 Å². The molecule has 0 aromatic heterocycles. The van der Waals surface area contributed by atoms with Gasteiger partial charge in [-0.1, -0.05) is 43.4 Å². The van der Waals surface area contributed by atoms with Crippen molar-refractivity contribution in [2.24, 2.45) is 11.8 Å². The zero-order chi connectivity index (χ0) is 18.7. The third-order valence-corrected chi connectivity index (χ3v) is 4.39. The minimum atomic E-state index is -0.806. The summed E-state index contributed by atoms with van der Waals surface area (Å²) in [5, 5.41) is 28.6. The van der Waals surface area contributed by atoms with Crippen molar-refractivity contribution >= 4 is 11.8 Å². The van der Waals surface area contributed by atoms with E-state index < -0.39 is 18.2 Å². The first-order valence-electron chi connectivity index (χ1n) is 9.04. The van der Waals surface area contributed by atoms with Crippen LogP contribution in [0.2, 0.25) is 0 Å². The molecule has 0 heterocycles. The van der Waals surface area contributed by atoms with Gasteiger partial charge in [0.1, 0.15) is 5.78 Å². The quantitative estimate of drug-likeness (QED) is 0.393. The lowest BCUT2D eigenvalue weighted by Gasteiger charge is -2.16. The van der Waals surface area contributed by atoms with Crippen molar-refractivity contribution in [3.8, 4) is 0 Å². The van der Waals surface area contributed by atoms with Gasteiger partial charge >= 0.3 is 5.97 Å². The number of carboxylic acids is 1. The SMILES string of the molecule is CC/C=C/C[C@H](O)/C=C/[C@@H]1[C@H](O)CC(=O)[C@@H]1C/C=C/CCCC(=O)O. The Kier molecular flexibility index (Phi) is 10.0. The molecule has 0 aliphatic heterocycles. The van der Waals surface area contributed by atoms with Gasteiger partial charge in [-0.2, -0.15) is 0 Å². The molecule has 1 fully saturated rings. The first kappa shape index (κ1) is 21.3. The Labute approximate surface area is 149 Å². The molecule has 140 valence electrons. The number of carbonyl (C=O) groups excluding carboxylic acids is 1. The summed E-state index contributed by atoms with van der Waals surface area (Å²) in [4.78, 5) is 22.5. The van der Waals surface area contributed by atoms with E-state index in [9.17, 15) is 19.8 Å². The number of Topliss-reactive ketones (excluding diaryl/α,β-unsaturated/α-hetero) is 1. The monoisotopic (exact) mass is 350 g/mol. The number of carbonyl (C=O) groups is 2. The molecule has 0 radical (unpaired) electrons. The van der Waals surface area contributed by atoms with E-state index in [1.54, 1.807) is 12.2 Å². The van der Waals surface area contributed by atoms with Crippen molar-refractivity contribution < 1.29 is 24.9 Å². The number of aliphatic hydroxyl groups is 2. The van der Waals surface area contributed by atoms with Gasteiger partial charge in [0.15, 0.2) is 0 Å². The second-order valence-electron chi connectivity index (χ2n) is 6.48. The highest BCUT2D eigenvalue weighted by molar-refractivity contribution is 5.84. The van der Waals surface area contributed by atoms with Gasteiger partial charge in [-0.05, 0) is 32.1 Å². The van der Waals surface area contributed by atoms with E-state index >= 15 is 0 Å². The minimum absolute atomic E-state index is 0.0395. The highest BCUT2D eigenvalue weighted by Gasteiger charge is 2.39. The van der Waals surface area contributed by atoms with E-state index in [4.69, 9.17) is 5.11 Å². The van der Waals surface area contributed by atoms with Crippen molar-refractivity contribution in [1.29, 1.82) is 0 Å². The fourth-order valence-corrected chi connectivity index (χ4v) is 3.00. The summed E-state index contributed by atoms with van der Waals surface area (Å²) in [5.41, 5.74) is 0. The summed E-state index contributed by atoms with van der Waals surface area (Å²) in [5.74, 6) is -1.32. The third kappa shape index (κ3) is 8.27. The second kappa shape index (κ2) is 11.8. The summed E-state index contributed by atoms with van der Waals surface area (Å²) < 4.78 is 0. The number of aliphatic hydroxyl groups excluding tert-OH is 2. The van der Waals surface area contributed by atoms with Gasteiger partial charge in [-0.15, -0.1) is 0 Å². The molecule has 5 heteroatoms. The highest BCUT2D eigenvalue weighted by atomic mass is 16.4. The van der Waals surface area contributed by atoms with Crippen molar-refractivity contribution in [3.63, 3.8) is 0 Å². The van der Waals surface area contributed by atoms with Crippen LogP contribution in [-0.4, -0.2) is 39.3 Å². The zero-order valence-corrected chi connectivity index (χ0v) is 14.9. The lowest BCUT2D eigenvalue weighted by atomic mass is 9.90. The molecule has 25 heavy (non-hydrogen) atoms. The maximum absolute atomic E-state index is 12.1. The van der Waals surface area contributed by atoms with Crippen LogP contribution in [0.3, 0.4) is 0 Å². The lowest BCUT2D eigenvalue weighted by Crippen LogP contribution is -2.18. The summed E-state index contributed by atoms with van der Waals surface area (Å²) in [7, 11) is 0. The Morgan fingerprint density at radius 2 is 2.04 bits per heavy atom. The second-order valence-corrected chi connectivity index (χ2v) is 6.48. The van der Waals surface area contributed by atoms with Crippen molar-refractivity contribution in [2.45, 2.75) is 64.1 Å². The summed E-state index contributed by atoms with van der Waals surface area (Å²) in [6.45, 7) is 2.03. The molecule has 0 saturated heterocycles. The molecule has 0 aromatic carbocycles.